The van der Waals surface area contributed by atoms with Gasteiger partial charge < -0.3 is 14.0 Å². The van der Waals surface area contributed by atoms with E-state index >= 15 is 0 Å². The molecule has 0 saturated heterocycles. The quantitative estimate of drug-likeness (QED) is 0.730. The Morgan fingerprint density at radius 2 is 2.06 bits per heavy atom. The molecular weight excluding hydrogens is 210 g/mol. The zero-order chi connectivity index (χ0) is 12.3. The highest BCUT2D eigenvalue weighted by Crippen LogP contribution is 2.24. The largest absolute Gasteiger partial charge is 0.462 e. The molecule has 1 rings (SSSR count). The first-order valence-corrected chi connectivity index (χ1v) is 4.98. The lowest BCUT2D eigenvalue weighted by Crippen LogP contribution is -2.06. The molecule has 0 fully saturated rings. The lowest BCUT2D eigenvalue weighted by Gasteiger charge is -2.03. The van der Waals surface area contributed by atoms with E-state index in [2.05, 4.69) is 0 Å². The third-order valence-electron chi connectivity index (χ3n) is 2.10. The molecule has 0 aliphatic carbocycles. The first-order valence-electron chi connectivity index (χ1n) is 4.98. The Kier molecular flexibility index (Phi) is 3.71. The van der Waals surface area contributed by atoms with E-state index in [1.54, 1.807) is 31.7 Å². The van der Waals surface area contributed by atoms with E-state index in [0.717, 1.165) is 0 Å². The van der Waals surface area contributed by atoms with E-state index in [-0.39, 0.29) is 0 Å². The van der Waals surface area contributed by atoms with Gasteiger partial charge in [-0.25, -0.2) is 4.79 Å². The fourth-order valence-corrected chi connectivity index (χ4v) is 1.43. The smallest absolute Gasteiger partial charge is 0.340 e. The second-order valence-electron chi connectivity index (χ2n) is 3.40. The van der Waals surface area contributed by atoms with Crippen LogP contribution < -0.4 is 4.74 Å². The molecule has 0 unspecified atom stereocenters. The predicted octanol–water partition coefficient (Wildman–Crippen LogP) is 1.44. The molecule has 1 aromatic heterocycles. The van der Waals surface area contributed by atoms with E-state index < -0.39 is 11.9 Å². The van der Waals surface area contributed by atoms with Crippen LogP contribution in [0.1, 0.15) is 29.8 Å². The van der Waals surface area contributed by atoms with Crippen LogP contribution in [0.15, 0.2) is 6.20 Å². The summed E-state index contributed by atoms with van der Waals surface area (Å²) in [6.07, 6.45) is 1.59. The first kappa shape index (κ1) is 12.3. The number of carbonyl (C=O) groups excluding carboxylic acids is 2. The number of hydrogen-bond acceptors (Lipinski definition) is 4. The molecule has 0 aliphatic rings. The van der Waals surface area contributed by atoms with Crippen LogP contribution in [-0.4, -0.2) is 23.1 Å². The second kappa shape index (κ2) is 4.83. The van der Waals surface area contributed by atoms with Crippen LogP contribution in [0.25, 0.3) is 0 Å². The highest BCUT2D eigenvalue weighted by atomic mass is 16.5. The van der Waals surface area contributed by atoms with Crippen molar-refractivity contribution >= 4 is 11.9 Å². The minimum absolute atomic E-state index is 0.316. The van der Waals surface area contributed by atoms with Gasteiger partial charge in [-0.05, 0) is 13.8 Å². The average Bonchev–Trinajstić information content (AvgIpc) is 2.45. The summed E-state index contributed by atoms with van der Waals surface area (Å²) in [6.45, 7) is 5.08. The van der Waals surface area contributed by atoms with Crippen molar-refractivity contribution in [1.29, 1.82) is 0 Å². The molecule has 5 heteroatoms. The lowest BCUT2D eigenvalue weighted by atomic mass is 10.2. The molecule has 1 aromatic rings. The van der Waals surface area contributed by atoms with Gasteiger partial charge in [-0.2, -0.15) is 0 Å². The summed E-state index contributed by atoms with van der Waals surface area (Å²) < 4.78 is 11.5. The minimum atomic E-state index is -0.417. The molecule has 88 valence electrons. The van der Waals surface area contributed by atoms with Gasteiger partial charge in [-0.15, -0.1) is 0 Å². The van der Waals surface area contributed by atoms with Gasteiger partial charge in [0.1, 0.15) is 0 Å². The Bertz CT molecular complexity index is 420. The summed E-state index contributed by atoms with van der Waals surface area (Å²) in [6, 6.07) is 0. The molecule has 0 N–H and O–H groups in total. The van der Waals surface area contributed by atoms with Crippen molar-refractivity contribution in [3.63, 3.8) is 0 Å². The Balaban J connectivity index is 3.06. The van der Waals surface area contributed by atoms with Gasteiger partial charge in [0.2, 0.25) is 5.88 Å². The van der Waals surface area contributed by atoms with Gasteiger partial charge in [0.25, 0.3) is 0 Å². The Morgan fingerprint density at radius 3 is 2.56 bits per heavy atom. The van der Waals surface area contributed by atoms with Crippen LogP contribution in [0, 0.1) is 6.92 Å². The molecule has 0 saturated carbocycles. The predicted molar refractivity (Wildman–Crippen MR) is 57.4 cm³/mol. The molecule has 0 aromatic carbocycles. The van der Waals surface area contributed by atoms with Crippen molar-refractivity contribution in [3.8, 4) is 5.88 Å². The monoisotopic (exact) mass is 225 g/mol. The van der Waals surface area contributed by atoms with E-state index in [9.17, 15) is 9.59 Å². The average molecular weight is 225 g/mol. The summed E-state index contributed by atoms with van der Waals surface area (Å²) in [5.41, 5.74) is 1.02. The van der Waals surface area contributed by atoms with Gasteiger partial charge in [-0.1, -0.05) is 0 Å². The standard InChI is InChI=1S/C11H15NO4/c1-5-15-11(14)9-6-12(4)10(7(9)2)16-8(3)13/h6H,5H2,1-4H3. The first-order chi connectivity index (χ1) is 7.47. The fourth-order valence-electron chi connectivity index (χ4n) is 1.43. The molecule has 1 heterocycles. The van der Waals surface area contributed by atoms with Crippen molar-refractivity contribution in [1.82, 2.24) is 4.57 Å². The topological polar surface area (TPSA) is 57.5 Å². The number of rotatable bonds is 3. The van der Waals surface area contributed by atoms with Gasteiger partial charge in [0.15, 0.2) is 0 Å². The molecule has 16 heavy (non-hydrogen) atoms. The van der Waals surface area contributed by atoms with Crippen molar-refractivity contribution < 1.29 is 19.1 Å². The minimum Gasteiger partial charge on any atom is -0.462 e. The lowest BCUT2D eigenvalue weighted by molar-refractivity contribution is -0.132. The number of esters is 2. The fraction of sp³-hybridized carbons (Fsp3) is 0.455. The maximum absolute atomic E-state index is 11.5. The van der Waals surface area contributed by atoms with Crippen LogP contribution in [0.2, 0.25) is 0 Å². The Hall–Kier alpha value is -1.78. The van der Waals surface area contributed by atoms with Crippen LogP contribution in [-0.2, 0) is 16.6 Å². The molecule has 0 spiro atoms. The number of carbonyl (C=O) groups is 2. The van der Waals surface area contributed by atoms with E-state index in [4.69, 9.17) is 9.47 Å². The van der Waals surface area contributed by atoms with Gasteiger partial charge in [-0.3, -0.25) is 4.79 Å². The second-order valence-corrected chi connectivity index (χ2v) is 3.40. The van der Waals surface area contributed by atoms with E-state index in [1.165, 1.54) is 6.92 Å². The van der Waals surface area contributed by atoms with E-state index in [1.807, 2.05) is 0 Å². The van der Waals surface area contributed by atoms with Crippen LogP contribution in [0.5, 0.6) is 5.88 Å². The van der Waals surface area contributed by atoms with Crippen molar-refractivity contribution in [2.75, 3.05) is 6.61 Å². The molecular formula is C11H15NO4. The number of aromatic nitrogens is 1. The molecule has 0 bridgehead atoms. The SMILES string of the molecule is CCOC(=O)c1cn(C)c(OC(C)=O)c1C. The third-order valence-corrected chi connectivity index (χ3v) is 2.10. The van der Waals surface area contributed by atoms with Gasteiger partial charge in [0, 0.05) is 25.7 Å². The van der Waals surface area contributed by atoms with E-state index in [0.29, 0.717) is 23.6 Å². The zero-order valence-electron chi connectivity index (χ0n) is 9.86. The summed E-state index contributed by atoms with van der Waals surface area (Å²) in [5, 5.41) is 0. The Labute approximate surface area is 94.0 Å². The van der Waals surface area contributed by atoms with Crippen molar-refractivity contribution in [2.24, 2.45) is 7.05 Å². The third kappa shape index (κ3) is 2.42. The maximum atomic E-state index is 11.5. The normalized spacial score (nSPS) is 10.0. The number of nitrogens with zero attached hydrogens (tertiary/aromatic N) is 1. The van der Waals surface area contributed by atoms with Gasteiger partial charge >= 0.3 is 11.9 Å². The summed E-state index contributed by atoms with van der Waals surface area (Å²) in [5.74, 6) is -0.454. The summed E-state index contributed by atoms with van der Waals surface area (Å²) in [7, 11) is 1.70. The zero-order valence-corrected chi connectivity index (χ0v) is 9.86. The van der Waals surface area contributed by atoms with Crippen molar-refractivity contribution in [2.45, 2.75) is 20.8 Å². The molecule has 0 aliphatic heterocycles. The van der Waals surface area contributed by atoms with Gasteiger partial charge in [0.05, 0.1) is 12.2 Å². The molecule has 5 nitrogen and oxygen atoms in total. The molecule has 0 atom stereocenters. The highest BCUT2D eigenvalue weighted by molar-refractivity contribution is 5.92. The molecule has 0 amide bonds. The summed E-state index contributed by atoms with van der Waals surface area (Å²) >= 11 is 0. The number of ether oxygens (including phenoxy) is 2. The Morgan fingerprint density at radius 1 is 1.44 bits per heavy atom. The van der Waals surface area contributed by atoms with Crippen LogP contribution >= 0.6 is 0 Å². The molecule has 0 radical (unpaired) electrons. The number of hydrogen-bond donors (Lipinski definition) is 0. The van der Waals surface area contributed by atoms with Crippen LogP contribution in [0.4, 0.5) is 0 Å². The number of aryl methyl sites for hydroxylation is 1. The highest BCUT2D eigenvalue weighted by Gasteiger charge is 2.19. The maximum Gasteiger partial charge on any atom is 0.340 e. The van der Waals surface area contributed by atoms with Crippen LogP contribution in [0.3, 0.4) is 0 Å². The summed E-state index contributed by atoms with van der Waals surface area (Å²) in [4.78, 5) is 22.4. The van der Waals surface area contributed by atoms with Crippen molar-refractivity contribution in [3.05, 3.63) is 17.3 Å².